The molecule has 0 radical (unpaired) electrons. The number of hydrogen-bond donors (Lipinski definition) is 1. The fourth-order valence-corrected chi connectivity index (χ4v) is 2.20. The van der Waals surface area contributed by atoms with Gasteiger partial charge < -0.3 is 5.32 Å². The molecule has 0 aliphatic carbocycles. The predicted molar refractivity (Wildman–Crippen MR) is 88.9 cm³/mol. The van der Waals surface area contributed by atoms with Crippen molar-refractivity contribution in [2.24, 2.45) is 0 Å². The van der Waals surface area contributed by atoms with Crippen LogP contribution >= 0.6 is 11.6 Å². The van der Waals surface area contributed by atoms with Gasteiger partial charge >= 0.3 is 0 Å². The van der Waals surface area contributed by atoms with Crippen LogP contribution in [0.5, 0.6) is 0 Å². The number of hydrogen-bond acceptors (Lipinski definition) is 4. The molecular weight excluding hydrogens is 296 g/mol. The van der Waals surface area contributed by atoms with Crippen LogP contribution in [0.15, 0.2) is 60.9 Å². The van der Waals surface area contributed by atoms with E-state index in [2.05, 4.69) is 20.3 Å². The van der Waals surface area contributed by atoms with Crippen LogP contribution in [0.25, 0.3) is 11.3 Å². The summed E-state index contributed by atoms with van der Waals surface area (Å²) >= 11 is 5.91. The van der Waals surface area contributed by atoms with Crippen LogP contribution in [-0.2, 0) is 6.42 Å². The van der Waals surface area contributed by atoms with Crippen molar-refractivity contribution in [3.05, 3.63) is 71.6 Å². The molecule has 0 amide bonds. The maximum absolute atomic E-state index is 5.91. The van der Waals surface area contributed by atoms with Gasteiger partial charge in [-0.3, -0.25) is 4.98 Å². The summed E-state index contributed by atoms with van der Waals surface area (Å²) in [5.41, 5.74) is 2.93. The number of anilines is 1. The second kappa shape index (κ2) is 7.00. The van der Waals surface area contributed by atoms with Crippen molar-refractivity contribution < 1.29 is 0 Å². The average molecular weight is 311 g/mol. The first-order valence-corrected chi connectivity index (χ1v) is 7.42. The van der Waals surface area contributed by atoms with Gasteiger partial charge in [0.05, 0.1) is 5.69 Å². The van der Waals surface area contributed by atoms with E-state index in [1.165, 1.54) is 0 Å². The molecule has 0 aliphatic rings. The lowest BCUT2D eigenvalue weighted by Crippen LogP contribution is -2.08. The van der Waals surface area contributed by atoms with Crippen molar-refractivity contribution in [2.45, 2.75) is 6.42 Å². The third-order valence-electron chi connectivity index (χ3n) is 3.19. The van der Waals surface area contributed by atoms with Crippen LogP contribution in [0.3, 0.4) is 0 Å². The fourth-order valence-electron chi connectivity index (χ4n) is 2.07. The number of benzene rings is 1. The molecule has 0 saturated carbocycles. The van der Waals surface area contributed by atoms with E-state index in [0.717, 1.165) is 29.9 Å². The molecule has 2 aromatic heterocycles. The lowest BCUT2D eigenvalue weighted by molar-refractivity contribution is 0.942. The largest absolute Gasteiger partial charge is 0.354 e. The molecule has 0 aliphatic heterocycles. The highest BCUT2D eigenvalue weighted by molar-refractivity contribution is 6.30. The average Bonchev–Trinajstić information content (AvgIpc) is 2.57. The summed E-state index contributed by atoms with van der Waals surface area (Å²) in [5.74, 6) is 0.614. The quantitative estimate of drug-likeness (QED) is 0.777. The van der Waals surface area contributed by atoms with Crippen molar-refractivity contribution in [3.63, 3.8) is 0 Å². The minimum Gasteiger partial charge on any atom is -0.354 e. The molecule has 2 heterocycles. The van der Waals surface area contributed by atoms with Gasteiger partial charge in [0.25, 0.3) is 0 Å². The molecule has 0 bridgehead atoms. The molecule has 0 fully saturated rings. The van der Waals surface area contributed by atoms with E-state index in [-0.39, 0.29) is 0 Å². The Morgan fingerprint density at radius 2 is 1.77 bits per heavy atom. The molecule has 110 valence electrons. The third kappa shape index (κ3) is 3.80. The number of aromatic nitrogens is 3. The Hall–Kier alpha value is -2.46. The molecular formula is C17H15ClN4. The molecule has 0 unspecified atom stereocenters. The normalized spacial score (nSPS) is 10.4. The molecule has 4 nitrogen and oxygen atoms in total. The summed E-state index contributed by atoms with van der Waals surface area (Å²) < 4.78 is 0. The van der Waals surface area contributed by atoms with Crippen molar-refractivity contribution in [3.8, 4) is 11.3 Å². The van der Waals surface area contributed by atoms with Crippen LogP contribution < -0.4 is 5.32 Å². The number of pyridine rings is 1. The number of halogens is 1. The van der Waals surface area contributed by atoms with E-state index >= 15 is 0 Å². The predicted octanol–water partition coefficient (Wildman–Crippen LogP) is 3.85. The Balaban J connectivity index is 1.65. The van der Waals surface area contributed by atoms with Gasteiger partial charge in [0.2, 0.25) is 5.95 Å². The number of nitrogens with one attached hydrogen (secondary N) is 1. The lowest BCUT2D eigenvalue weighted by Gasteiger charge is -2.06. The fraction of sp³-hybridized carbons (Fsp3) is 0.118. The number of nitrogens with zero attached hydrogens (tertiary/aromatic N) is 3. The van der Waals surface area contributed by atoms with Crippen LogP contribution in [0.4, 0.5) is 5.95 Å². The van der Waals surface area contributed by atoms with Crippen LogP contribution in [0.2, 0.25) is 5.02 Å². The maximum Gasteiger partial charge on any atom is 0.223 e. The zero-order valence-corrected chi connectivity index (χ0v) is 12.7. The summed E-state index contributed by atoms with van der Waals surface area (Å²) in [5, 5.41) is 3.94. The van der Waals surface area contributed by atoms with Gasteiger partial charge in [-0.15, -0.1) is 0 Å². The van der Waals surface area contributed by atoms with Crippen LogP contribution in [0, 0.1) is 0 Å². The van der Waals surface area contributed by atoms with Gasteiger partial charge in [-0.05, 0) is 30.3 Å². The van der Waals surface area contributed by atoms with Crippen LogP contribution in [0.1, 0.15) is 5.69 Å². The zero-order valence-electron chi connectivity index (χ0n) is 11.9. The summed E-state index contributed by atoms with van der Waals surface area (Å²) in [6, 6.07) is 15.4. The van der Waals surface area contributed by atoms with Crippen molar-refractivity contribution in [2.75, 3.05) is 11.9 Å². The second-order valence-electron chi connectivity index (χ2n) is 4.77. The van der Waals surface area contributed by atoms with Gasteiger partial charge in [-0.1, -0.05) is 29.8 Å². The van der Waals surface area contributed by atoms with E-state index in [0.29, 0.717) is 11.0 Å². The third-order valence-corrected chi connectivity index (χ3v) is 3.44. The highest BCUT2D eigenvalue weighted by Crippen LogP contribution is 2.20. The van der Waals surface area contributed by atoms with E-state index in [9.17, 15) is 0 Å². The minimum absolute atomic E-state index is 0.614. The summed E-state index contributed by atoms with van der Waals surface area (Å²) in [7, 11) is 0. The minimum atomic E-state index is 0.614. The monoisotopic (exact) mass is 310 g/mol. The Labute approximate surface area is 134 Å². The van der Waals surface area contributed by atoms with Crippen molar-refractivity contribution in [1.82, 2.24) is 15.0 Å². The first kappa shape index (κ1) is 14.5. The topological polar surface area (TPSA) is 50.7 Å². The first-order valence-electron chi connectivity index (χ1n) is 7.04. The zero-order chi connectivity index (χ0) is 15.2. The van der Waals surface area contributed by atoms with E-state index < -0.39 is 0 Å². The molecule has 0 spiro atoms. The lowest BCUT2D eigenvalue weighted by atomic mass is 10.1. The van der Waals surface area contributed by atoms with E-state index in [4.69, 9.17) is 11.6 Å². The van der Waals surface area contributed by atoms with Gasteiger partial charge in [0, 0.05) is 41.6 Å². The molecule has 5 heteroatoms. The summed E-state index contributed by atoms with van der Waals surface area (Å²) in [6.45, 7) is 0.737. The number of rotatable bonds is 5. The first-order chi connectivity index (χ1) is 10.8. The smallest absolute Gasteiger partial charge is 0.223 e. The second-order valence-corrected chi connectivity index (χ2v) is 5.21. The standard InChI is InChI=1S/C17H15ClN4/c18-14-6-4-13(5-7-14)16-9-12-21-17(22-16)20-11-8-15-3-1-2-10-19-15/h1-7,9-10,12H,8,11H2,(H,20,21,22). The van der Waals surface area contributed by atoms with Gasteiger partial charge in [0.1, 0.15) is 0 Å². The molecule has 22 heavy (non-hydrogen) atoms. The van der Waals surface area contributed by atoms with Crippen molar-refractivity contribution in [1.29, 1.82) is 0 Å². The van der Waals surface area contributed by atoms with Crippen LogP contribution in [-0.4, -0.2) is 21.5 Å². The molecule has 3 aromatic rings. The molecule has 0 atom stereocenters. The molecule has 3 rings (SSSR count). The highest BCUT2D eigenvalue weighted by atomic mass is 35.5. The molecule has 1 aromatic carbocycles. The van der Waals surface area contributed by atoms with E-state index in [1.54, 1.807) is 12.4 Å². The Kier molecular flexibility index (Phi) is 4.61. The Morgan fingerprint density at radius 1 is 0.909 bits per heavy atom. The SMILES string of the molecule is Clc1ccc(-c2ccnc(NCCc3ccccn3)n2)cc1. The summed E-state index contributed by atoms with van der Waals surface area (Å²) in [4.78, 5) is 13.1. The maximum atomic E-state index is 5.91. The molecule has 0 saturated heterocycles. The molecule has 1 N–H and O–H groups in total. The highest BCUT2D eigenvalue weighted by Gasteiger charge is 2.02. The summed E-state index contributed by atoms with van der Waals surface area (Å²) in [6.07, 6.45) is 4.38. The Bertz CT molecular complexity index is 729. The van der Waals surface area contributed by atoms with Gasteiger partial charge in [0.15, 0.2) is 0 Å². The van der Waals surface area contributed by atoms with Gasteiger partial charge in [-0.25, -0.2) is 9.97 Å². The van der Waals surface area contributed by atoms with Crippen molar-refractivity contribution >= 4 is 17.5 Å². The van der Waals surface area contributed by atoms with Gasteiger partial charge in [-0.2, -0.15) is 0 Å². The van der Waals surface area contributed by atoms with E-state index in [1.807, 2.05) is 48.5 Å². The Morgan fingerprint density at radius 3 is 2.55 bits per heavy atom.